The summed E-state index contributed by atoms with van der Waals surface area (Å²) in [5.74, 6) is 0.231. The molecule has 3 saturated heterocycles. The van der Waals surface area contributed by atoms with Gasteiger partial charge in [0.2, 0.25) is 5.91 Å². The number of amides is 1. The standard InChI is InChI=1S/C22H27ClN4O2S/c23-18-14-24-13-17(19-2-1-16(30-19)15-26-9-11-29-12-10-26)20(18)27-7-4-22(5-8-27)3-6-25-21(22)28/h1-2,13-14H,3-12,15H2,(H,25,28). The van der Waals surface area contributed by atoms with Crippen molar-refractivity contribution in [3.8, 4) is 10.4 Å². The average molecular weight is 447 g/mol. The number of aromatic nitrogens is 1. The Morgan fingerprint density at radius 3 is 2.67 bits per heavy atom. The minimum atomic E-state index is -0.176. The topological polar surface area (TPSA) is 57.7 Å². The first-order valence-electron chi connectivity index (χ1n) is 10.7. The summed E-state index contributed by atoms with van der Waals surface area (Å²) in [6.45, 7) is 7.05. The zero-order valence-electron chi connectivity index (χ0n) is 17.0. The summed E-state index contributed by atoms with van der Waals surface area (Å²) in [7, 11) is 0. The molecule has 1 spiro atoms. The van der Waals surface area contributed by atoms with Crippen LogP contribution in [-0.4, -0.2) is 61.7 Å². The summed E-state index contributed by atoms with van der Waals surface area (Å²) in [6.07, 6.45) is 6.37. The molecule has 30 heavy (non-hydrogen) atoms. The van der Waals surface area contributed by atoms with Gasteiger partial charge in [-0.15, -0.1) is 11.3 Å². The van der Waals surface area contributed by atoms with E-state index in [9.17, 15) is 4.79 Å². The van der Waals surface area contributed by atoms with Gasteiger partial charge in [0.25, 0.3) is 0 Å². The molecule has 8 heteroatoms. The number of carbonyl (C=O) groups is 1. The van der Waals surface area contributed by atoms with E-state index in [1.54, 1.807) is 6.20 Å². The zero-order valence-corrected chi connectivity index (χ0v) is 18.6. The molecule has 5 rings (SSSR count). The highest BCUT2D eigenvalue weighted by molar-refractivity contribution is 7.15. The highest BCUT2D eigenvalue weighted by Gasteiger charge is 2.44. The first-order chi connectivity index (χ1) is 14.6. The van der Waals surface area contributed by atoms with E-state index in [0.717, 1.165) is 83.0 Å². The Hall–Kier alpha value is -1.67. The molecular formula is C22H27ClN4O2S. The lowest BCUT2D eigenvalue weighted by Gasteiger charge is -2.39. The summed E-state index contributed by atoms with van der Waals surface area (Å²) in [5.41, 5.74) is 1.97. The number of piperidine rings is 1. The quantitative estimate of drug-likeness (QED) is 0.780. The fourth-order valence-electron chi connectivity index (χ4n) is 4.87. The van der Waals surface area contributed by atoms with Crippen LogP contribution in [0.5, 0.6) is 0 Å². The van der Waals surface area contributed by atoms with Gasteiger partial charge in [0.15, 0.2) is 0 Å². The van der Waals surface area contributed by atoms with Crippen molar-refractivity contribution in [2.45, 2.75) is 25.8 Å². The maximum Gasteiger partial charge on any atom is 0.226 e. The summed E-state index contributed by atoms with van der Waals surface area (Å²) in [6, 6.07) is 4.40. The van der Waals surface area contributed by atoms with Crippen LogP contribution in [0.25, 0.3) is 10.4 Å². The molecule has 3 aliphatic rings. The van der Waals surface area contributed by atoms with Crippen LogP contribution in [0.4, 0.5) is 5.69 Å². The molecule has 2 aromatic rings. The Morgan fingerprint density at radius 2 is 1.93 bits per heavy atom. The molecule has 0 aliphatic carbocycles. The summed E-state index contributed by atoms with van der Waals surface area (Å²) in [5, 5.41) is 3.70. The maximum atomic E-state index is 12.3. The van der Waals surface area contributed by atoms with Crippen LogP contribution >= 0.6 is 22.9 Å². The number of nitrogens with zero attached hydrogens (tertiary/aromatic N) is 3. The number of hydrogen-bond acceptors (Lipinski definition) is 6. The average Bonchev–Trinajstić information content (AvgIpc) is 3.37. The summed E-state index contributed by atoms with van der Waals surface area (Å²) < 4.78 is 5.46. The molecule has 160 valence electrons. The van der Waals surface area contributed by atoms with E-state index in [-0.39, 0.29) is 11.3 Å². The second-order valence-electron chi connectivity index (χ2n) is 8.45. The van der Waals surface area contributed by atoms with Crippen molar-refractivity contribution in [2.24, 2.45) is 5.41 Å². The van der Waals surface area contributed by atoms with Gasteiger partial charge in [0, 0.05) is 67.0 Å². The van der Waals surface area contributed by atoms with Gasteiger partial charge in [-0.05, 0) is 31.4 Å². The molecule has 0 radical (unpaired) electrons. The highest BCUT2D eigenvalue weighted by Crippen LogP contribution is 2.44. The SMILES string of the molecule is O=C1NCCC12CCN(c1c(Cl)cncc1-c1ccc(CN3CCOCC3)s1)CC2. The number of thiophene rings is 1. The van der Waals surface area contributed by atoms with Crippen LogP contribution in [0.15, 0.2) is 24.5 Å². The van der Waals surface area contributed by atoms with E-state index in [0.29, 0.717) is 5.02 Å². The molecule has 0 atom stereocenters. The summed E-state index contributed by atoms with van der Waals surface area (Å²) >= 11 is 8.47. The molecule has 0 saturated carbocycles. The van der Waals surface area contributed by atoms with Gasteiger partial charge in [0.05, 0.1) is 29.3 Å². The number of hydrogen-bond donors (Lipinski definition) is 1. The van der Waals surface area contributed by atoms with E-state index in [2.05, 4.69) is 32.2 Å². The zero-order chi connectivity index (χ0) is 20.6. The Labute approximate surface area is 186 Å². The number of nitrogens with one attached hydrogen (secondary N) is 1. The van der Waals surface area contributed by atoms with Gasteiger partial charge < -0.3 is 15.0 Å². The predicted molar refractivity (Wildman–Crippen MR) is 120 cm³/mol. The third kappa shape index (κ3) is 3.84. The molecule has 3 fully saturated rings. The third-order valence-corrected chi connectivity index (χ3v) is 8.07. The molecule has 1 amide bonds. The molecule has 0 bridgehead atoms. The van der Waals surface area contributed by atoms with Crippen LogP contribution in [0.2, 0.25) is 5.02 Å². The smallest absolute Gasteiger partial charge is 0.226 e. The van der Waals surface area contributed by atoms with Crippen molar-refractivity contribution in [1.82, 2.24) is 15.2 Å². The molecule has 5 heterocycles. The Kier molecular flexibility index (Phi) is 5.71. The lowest BCUT2D eigenvalue weighted by molar-refractivity contribution is -0.128. The second-order valence-corrected chi connectivity index (χ2v) is 10.0. The molecule has 2 aromatic heterocycles. The number of anilines is 1. The highest BCUT2D eigenvalue weighted by atomic mass is 35.5. The number of halogens is 1. The molecule has 0 unspecified atom stereocenters. The monoisotopic (exact) mass is 446 g/mol. The minimum Gasteiger partial charge on any atom is -0.379 e. The second kappa shape index (κ2) is 8.46. The van der Waals surface area contributed by atoms with E-state index in [4.69, 9.17) is 16.3 Å². The van der Waals surface area contributed by atoms with Crippen molar-refractivity contribution in [1.29, 1.82) is 0 Å². The Bertz CT molecular complexity index is 920. The van der Waals surface area contributed by atoms with E-state index >= 15 is 0 Å². The van der Waals surface area contributed by atoms with Crippen LogP contribution < -0.4 is 10.2 Å². The van der Waals surface area contributed by atoms with E-state index < -0.39 is 0 Å². The van der Waals surface area contributed by atoms with Gasteiger partial charge in [-0.25, -0.2) is 0 Å². The van der Waals surface area contributed by atoms with Crippen LogP contribution in [0.1, 0.15) is 24.1 Å². The Balaban J connectivity index is 1.36. The van der Waals surface area contributed by atoms with Gasteiger partial charge in [-0.2, -0.15) is 0 Å². The van der Waals surface area contributed by atoms with Gasteiger partial charge >= 0.3 is 0 Å². The molecular weight excluding hydrogens is 420 g/mol. The van der Waals surface area contributed by atoms with Crippen LogP contribution in [0, 0.1) is 5.41 Å². The van der Waals surface area contributed by atoms with Gasteiger partial charge in [-0.3, -0.25) is 14.7 Å². The first-order valence-corrected chi connectivity index (χ1v) is 11.9. The fraction of sp³-hybridized carbons (Fsp3) is 0.545. The van der Waals surface area contributed by atoms with Crippen molar-refractivity contribution in [3.63, 3.8) is 0 Å². The van der Waals surface area contributed by atoms with Gasteiger partial charge in [-0.1, -0.05) is 11.6 Å². The molecule has 3 aliphatic heterocycles. The largest absolute Gasteiger partial charge is 0.379 e. The number of carbonyl (C=O) groups excluding carboxylic acids is 1. The minimum absolute atomic E-state index is 0.176. The van der Waals surface area contributed by atoms with Crippen LogP contribution in [0.3, 0.4) is 0 Å². The number of pyridine rings is 1. The maximum absolute atomic E-state index is 12.3. The van der Waals surface area contributed by atoms with Crippen LogP contribution in [-0.2, 0) is 16.1 Å². The number of ether oxygens (including phenoxy) is 1. The fourth-order valence-corrected chi connectivity index (χ4v) is 6.21. The lowest BCUT2D eigenvalue weighted by Crippen LogP contribution is -2.44. The van der Waals surface area contributed by atoms with Crippen molar-refractivity contribution >= 4 is 34.5 Å². The number of rotatable bonds is 4. The molecule has 6 nitrogen and oxygen atoms in total. The summed E-state index contributed by atoms with van der Waals surface area (Å²) in [4.78, 5) is 24.0. The van der Waals surface area contributed by atoms with Crippen molar-refractivity contribution in [3.05, 3.63) is 34.4 Å². The van der Waals surface area contributed by atoms with Crippen molar-refractivity contribution in [2.75, 3.05) is 50.8 Å². The lowest BCUT2D eigenvalue weighted by atomic mass is 9.77. The third-order valence-electron chi connectivity index (χ3n) is 6.69. The van der Waals surface area contributed by atoms with E-state index in [1.165, 1.54) is 9.75 Å². The molecule has 0 aromatic carbocycles. The normalized spacial score (nSPS) is 21.9. The van der Waals surface area contributed by atoms with Crippen molar-refractivity contribution < 1.29 is 9.53 Å². The van der Waals surface area contributed by atoms with Gasteiger partial charge in [0.1, 0.15) is 0 Å². The predicted octanol–water partition coefficient (Wildman–Crippen LogP) is 3.40. The molecule has 1 N–H and O–H groups in total. The van der Waals surface area contributed by atoms with E-state index in [1.807, 2.05) is 17.5 Å². The number of morpholine rings is 1. The first kappa shape index (κ1) is 20.2. The Morgan fingerprint density at radius 1 is 1.13 bits per heavy atom.